The van der Waals surface area contributed by atoms with Crippen molar-refractivity contribution in [2.45, 2.75) is 25.0 Å². The van der Waals surface area contributed by atoms with Crippen LogP contribution in [0.5, 0.6) is 0 Å². The van der Waals surface area contributed by atoms with Crippen molar-refractivity contribution in [3.8, 4) is 0 Å². The van der Waals surface area contributed by atoms with Crippen molar-refractivity contribution in [1.82, 2.24) is 0 Å². The van der Waals surface area contributed by atoms with Gasteiger partial charge in [0.05, 0.1) is 13.4 Å². The van der Waals surface area contributed by atoms with Gasteiger partial charge in [-0.2, -0.15) is 11.8 Å². The third kappa shape index (κ3) is 2.25. The molecular formula is C8H14OS. The van der Waals surface area contributed by atoms with Crippen molar-refractivity contribution in [1.29, 1.82) is 0 Å². The van der Waals surface area contributed by atoms with E-state index in [1.165, 1.54) is 24.2 Å². The Bertz CT molecular complexity index is 131. The topological polar surface area (TPSA) is 9.23 Å². The molecule has 1 aliphatic heterocycles. The summed E-state index contributed by atoms with van der Waals surface area (Å²) in [4.78, 5) is 0. The van der Waals surface area contributed by atoms with E-state index in [4.69, 9.17) is 4.74 Å². The van der Waals surface area contributed by atoms with Crippen molar-refractivity contribution in [2.24, 2.45) is 0 Å². The average Bonchev–Trinajstić information content (AvgIpc) is 1.88. The molecule has 0 saturated carbocycles. The first-order valence-corrected chi connectivity index (χ1v) is 4.70. The van der Waals surface area contributed by atoms with Gasteiger partial charge in [-0.25, -0.2) is 0 Å². The second-order valence-electron chi connectivity index (χ2n) is 2.65. The first kappa shape index (κ1) is 7.99. The van der Waals surface area contributed by atoms with Crippen molar-refractivity contribution in [3.05, 3.63) is 11.8 Å². The van der Waals surface area contributed by atoms with Crippen LogP contribution < -0.4 is 0 Å². The van der Waals surface area contributed by atoms with E-state index >= 15 is 0 Å². The first-order chi connectivity index (χ1) is 4.83. The van der Waals surface area contributed by atoms with Gasteiger partial charge in [0.15, 0.2) is 0 Å². The maximum Gasteiger partial charge on any atom is 0.0817 e. The second kappa shape index (κ2) is 3.91. The van der Waals surface area contributed by atoms with Crippen molar-refractivity contribution < 1.29 is 4.74 Å². The fraction of sp³-hybridized carbons (Fsp3) is 0.750. The zero-order valence-corrected chi connectivity index (χ0v) is 7.41. The summed E-state index contributed by atoms with van der Waals surface area (Å²) < 4.78 is 4.96. The Labute approximate surface area is 66.8 Å². The highest BCUT2D eigenvalue weighted by Gasteiger charge is 2.12. The third-order valence-corrected chi connectivity index (χ3v) is 2.84. The van der Waals surface area contributed by atoms with Gasteiger partial charge in [-0.3, -0.25) is 0 Å². The van der Waals surface area contributed by atoms with Crippen LogP contribution in [-0.2, 0) is 4.74 Å². The zero-order valence-electron chi connectivity index (χ0n) is 6.59. The lowest BCUT2D eigenvalue weighted by atomic mass is 10.1. The smallest absolute Gasteiger partial charge is 0.0817 e. The minimum Gasteiger partial charge on any atom is -0.504 e. The number of rotatable bonds is 1. The summed E-state index contributed by atoms with van der Waals surface area (Å²) in [5.41, 5.74) is 1.47. The Kier molecular flexibility index (Phi) is 3.13. The summed E-state index contributed by atoms with van der Waals surface area (Å²) in [6.07, 6.45) is 4.32. The molecule has 0 aromatic carbocycles. The molecule has 0 bridgehead atoms. The minimum atomic E-state index is 0.787. The average molecular weight is 158 g/mol. The minimum absolute atomic E-state index is 0.787. The predicted octanol–water partition coefficient (Wildman–Crippen LogP) is 2.43. The van der Waals surface area contributed by atoms with Gasteiger partial charge < -0.3 is 4.74 Å². The van der Waals surface area contributed by atoms with Crippen LogP contribution >= 0.6 is 11.8 Å². The molecule has 2 heteroatoms. The van der Waals surface area contributed by atoms with E-state index in [1.54, 1.807) is 7.11 Å². The number of thioether (sulfide) groups is 1. The van der Waals surface area contributed by atoms with Crippen LogP contribution in [0.15, 0.2) is 11.8 Å². The second-order valence-corrected chi connectivity index (χ2v) is 4.19. The molecule has 1 fully saturated rings. The fourth-order valence-corrected chi connectivity index (χ4v) is 2.31. The number of hydrogen-bond donors (Lipinski definition) is 0. The number of ether oxygens (including phenoxy) is 1. The van der Waals surface area contributed by atoms with Crippen molar-refractivity contribution in [3.63, 3.8) is 0 Å². The number of allylic oxidation sites excluding steroid dienone is 1. The molecule has 1 aliphatic rings. The molecule has 1 heterocycles. The highest BCUT2D eigenvalue weighted by atomic mass is 32.2. The van der Waals surface area contributed by atoms with Crippen LogP contribution in [0.2, 0.25) is 0 Å². The van der Waals surface area contributed by atoms with Gasteiger partial charge in [0, 0.05) is 5.25 Å². The molecular weight excluding hydrogens is 144 g/mol. The van der Waals surface area contributed by atoms with E-state index in [1.807, 2.05) is 6.26 Å². The van der Waals surface area contributed by atoms with Gasteiger partial charge in [-0.15, -0.1) is 0 Å². The molecule has 0 spiro atoms. The van der Waals surface area contributed by atoms with Crippen LogP contribution in [0.3, 0.4) is 0 Å². The van der Waals surface area contributed by atoms with Crippen LogP contribution in [0.25, 0.3) is 0 Å². The molecule has 0 aromatic heterocycles. The lowest BCUT2D eigenvalue weighted by molar-refractivity contribution is 0.331. The SMILES string of the molecule is CO/C=C1/CCSC(C)C1. The molecule has 0 N–H and O–H groups in total. The molecule has 1 nitrogen and oxygen atoms in total. The summed E-state index contributed by atoms with van der Waals surface area (Å²) in [6, 6.07) is 0. The summed E-state index contributed by atoms with van der Waals surface area (Å²) in [6.45, 7) is 2.27. The van der Waals surface area contributed by atoms with Gasteiger partial charge in [-0.1, -0.05) is 6.92 Å². The molecule has 1 saturated heterocycles. The summed E-state index contributed by atoms with van der Waals surface area (Å²) in [5, 5.41) is 0.787. The molecule has 0 amide bonds. The predicted molar refractivity (Wildman–Crippen MR) is 46.2 cm³/mol. The molecule has 0 aliphatic carbocycles. The molecule has 1 rings (SSSR count). The van der Waals surface area contributed by atoms with E-state index in [-0.39, 0.29) is 0 Å². The van der Waals surface area contributed by atoms with E-state index < -0.39 is 0 Å². The molecule has 1 unspecified atom stereocenters. The Morgan fingerprint density at radius 2 is 2.50 bits per heavy atom. The standard InChI is InChI=1S/C8H14OS/c1-7-5-8(6-9-2)3-4-10-7/h6-7H,3-5H2,1-2H3/b8-6-. The molecule has 0 aromatic rings. The summed E-state index contributed by atoms with van der Waals surface area (Å²) in [5.74, 6) is 1.26. The Hall–Kier alpha value is -0.110. The van der Waals surface area contributed by atoms with Gasteiger partial charge >= 0.3 is 0 Å². The van der Waals surface area contributed by atoms with Gasteiger partial charge in [0.2, 0.25) is 0 Å². The van der Waals surface area contributed by atoms with Gasteiger partial charge in [-0.05, 0) is 24.2 Å². The maximum atomic E-state index is 4.96. The van der Waals surface area contributed by atoms with E-state index in [2.05, 4.69) is 18.7 Å². The van der Waals surface area contributed by atoms with Gasteiger partial charge in [0.25, 0.3) is 0 Å². The lowest BCUT2D eigenvalue weighted by Crippen LogP contribution is -2.07. The van der Waals surface area contributed by atoms with Crippen LogP contribution in [-0.4, -0.2) is 18.1 Å². The summed E-state index contributed by atoms with van der Waals surface area (Å²) >= 11 is 2.05. The molecule has 1 atom stereocenters. The number of hydrogen-bond acceptors (Lipinski definition) is 2. The maximum absolute atomic E-state index is 4.96. The van der Waals surface area contributed by atoms with Crippen LogP contribution in [0, 0.1) is 0 Å². The third-order valence-electron chi connectivity index (χ3n) is 1.66. The fourth-order valence-electron chi connectivity index (χ4n) is 1.20. The Morgan fingerprint density at radius 1 is 1.70 bits per heavy atom. The van der Waals surface area contributed by atoms with Gasteiger partial charge in [0.1, 0.15) is 0 Å². The normalized spacial score (nSPS) is 30.6. The molecule has 10 heavy (non-hydrogen) atoms. The van der Waals surface area contributed by atoms with Crippen molar-refractivity contribution >= 4 is 11.8 Å². The van der Waals surface area contributed by atoms with Crippen LogP contribution in [0.1, 0.15) is 19.8 Å². The highest BCUT2D eigenvalue weighted by molar-refractivity contribution is 7.99. The highest BCUT2D eigenvalue weighted by Crippen LogP contribution is 2.28. The van der Waals surface area contributed by atoms with E-state index in [0.717, 1.165) is 5.25 Å². The Balaban J connectivity index is 2.39. The van der Waals surface area contributed by atoms with Crippen molar-refractivity contribution in [2.75, 3.05) is 12.9 Å². The molecule has 58 valence electrons. The monoisotopic (exact) mass is 158 g/mol. The van der Waals surface area contributed by atoms with E-state index in [9.17, 15) is 0 Å². The lowest BCUT2D eigenvalue weighted by Gasteiger charge is -2.19. The zero-order chi connectivity index (χ0) is 7.40. The van der Waals surface area contributed by atoms with Crippen LogP contribution in [0.4, 0.5) is 0 Å². The quantitative estimate of drug-likeness (QED) is 0.542. The Morgan fingerprint density at radius 3 is 3.10 bits per heavy atom. The first-order valence-electron chi connectivity index (χ1n) is 3.65. The largest absolute Gasteiger partial charge is 0.504 e. The molecule has 0 radical (unpaired) electrons. The van der Waals surface area contributed by atoms with E-state index in [0.29, 0.717) is 0 Å². The number of methoxy groups -OCH3 is 1. The summed E-state index contributed by atoms with van der Waals surface area (Å²) in [7, 11) is 1.72.